The van der Waals surface area contributed by atoms with E-state index in [1.165, 1.54) is 6.07 Å². The molecule has 1 heterocycles. The van der Waals surface area contributed by atoms with E-state index in [0.29, 0.717) is 23.7 Å². The molecule has 1 aromatic rings. The Kier molecular flexibility index (Phi) is 4.74. The molecule has 1 fully saturated rings. The molecule has 0 amide bonds. The van der Waals surface area contributed by atoms with Crippen LogP contribution in [0.2, 0.25) is 0 Å². The van der Waals surface area contributed by atoms with Crippen LogP contribution in [0.25, 0.3) is 0 Å². The largest absolute Gasteiger partial charge is 0.478 e. The van der Waals surface area contributed by atoms with E-state index >= 15 is 0 Å². The third-order valence-corrected chi connectivity index (χ3v) is 3.75. The second-order valence-electron chi connectivity index (χ2n) is 5.17. The van der Waals surface area contributed by atoms with Gasteiger partial charge in [0.2, 0.25) is 0 Å². The fourth-order valence-electron chi connectivity index (χ4n) is 2.40. The first kappa shape index (κ1) is 15.2. The molecule has 7 nitrogen and oxygen atoms in total. The lowest BCUT2D eigenvalue weighted by Gasteiger charge is -2.23. The van der Waals surface area contributed by atoms with Crippen LogP contribution in [-0.2, 0) is 4.74 Å². The Labute approximate surface area is 122 Å². The molecule has 1 aliphatic heterocycles. The van der Waals surface area contributed by atoms with Gasteiger partial charge in [-0.25, -0.2) is 4.79 Å². The smallest absolute Gasteiger partial charge is 0.336 e. The van der Waals surface area contributed by atoms with Crippen LogP contribution in [0.15, 0.2) is 12.1 Å². The highest BCUT2D eigenvalue weighted by Gasteiger charge is 2.20. The molecule has 0 unspecified atom stereocenters. The van der Waals surface area contributed by atoms with Gasteiger partial charge in [0.05, 0.1) is 10.5 Å². The highest BCUT2D eigenvalue weighted by atomic mass is 16.6. The first-order valence-corrected chi connectivity index (χ1v) is 6.83. The lowest BCUT2D eigenvalue weighted by atomic mass is 10.00. The molecule has 0 aliphatic carbocycles. The third-order valence-electron chi connectivity index (χ3n) is 3.75. The zero-order valence-electron chi connectivity index (χ0n) is 11.8. The van der Waals surface area contributed by atoms with Crippen LogP contribution < -0.4 is 5.32 Å². The average Bonchev–Trinajstić information content (AvgIpc) is 2.46. The van der Waals surface area contributed by atoms with Gasteiger partial charge < -0.3 is 15.2 Å². The fourth-order valence-corrected chi connectivity index (χ4v) is 2.40. The Bertz CT molecular complexity index is 553. The maximum absolute atomic E-state index is 11.1. The third kappa shape index (κ3) is 3.69. The summed E-state index contributed by atoms with van der Waals surface area (Å²) in [7, 11) is 0. The van der Waals surface area contributed by atoms with Crippen LogP contribution in [0.4, 0.5) is 11.4 Å². The van der Waals surface area contributed by atoms with Crippen molar-refractivity contribution in [3.8, 4) is 0 Å². The highest BCUT2D eigenvalue weighted by Crippen LogP contribution is 2.28. The summed E-state index contributed by atoms with van der Waals surface area (Å²) in [5.41, 5.74) is 0.705. The van der Waals surface area contributed by atoms with Gasteiger partial charge in [0, 0.05) is 37.1 Å². The van der Waals surface area contributed by atoms with Gasteiger partial charge in [0.15, 0.2) is 0 Å². The summed E-state index contributed by atoms with van der Waals surface area (Å²) in [6, 6.07) is 2.54. The van der Waals surface area contributed by atoms with Crippen LogP contribution in [0.3, 0.4) is 0 Å². The minimum atomic E-state index is -1.17. The van der Waals surface area contributed by atoms with Crippen LogP contribution in [0, 0.1) is 23.0 Å². The second-order valence-corrected chi connectivity index (χ2v) is 5.17. The van der Waals surface area contributed by atoms with Crippen LogP contribution >= 0.6 is 0 Å². The number of nitrogens with zero attached hydrogens (tertiary/aromatic N) is 1. The van der Waals surface area contributed by atoms with Gasteiger partial charge in [0.25, 0.3) is 5.69 Å². The van der Waals surface area contributed by atoms with E-state index < -0.39 is 10.9 Å². The fraction of sp³-hybridized carbons (Fsp3) is 0.500. The molecule has 1 aromatic carbocycles. The number of aromatic carboxylic acids is 1. The Morgan fingerprint density at radius 1 is 1.48 bits per heavy atom. The molecule has 0 bridgehead atoms. The monoisotopic (exact) mass is 294 g/mol. The molecule has 1 aliphatic rings. The van der Waals surface area contributed by atoms with Crippen molar-refractivity contribution in [2.24, 2.45) is 5.92 Å². The van der Waals surface area contributed by atoms with Gasteiger partial charge in [-0.1, -0.05) is 0 Å². The lowest BCUT2D eigenvalue weighted by Crippen LogP contribution is -2.23. The number of hydrogen-bond acceptors (Lipinski definition) is 5. The quantitative estimate of drug-likeness (QED) is 0.639. The number of carboxylic acids is 1. The van der Waals surface area contributed by atoms with Crippen LogP contribution in [0.1, 0.15) is 28.8 Å². The van der Waals surface area contributed by atoms with Gasteiger partial charge in [-0.3, -0.25) is 10.1 Å². The van der Waals surface area contributed by atoms with Gasteiger partial charge in [0.1, 0.15) is 0 Å². The van der Waals surface area contributed by atoms with E-state index in [9.17, 15) is 14.9 Å². The Hall–Kier alpha value is -2.15. The number of nitrogens with one attached hydrogen (secondary N) is 1. The molecule has 2 N–H and O–H groups in total. The van der Waals surface area contributed by atoms with E-state index in [2.05, 4.69) is 5.32 Å². The van der Waals surface area contributed by atoms with Crippen molar-refractivity contribution in [1.82, 2.24) is 0 Å². The van der Waals surface area contributed by atoms with Crippen molar-refractivity contribution in [2.75, 3.05) is 25.1 Å². The predicted molar refractivity (Wildman–Crippen MR) is 76.8 cm³/mol. The second kappa shape index (κ2) is 6.53. The van der Waals surface area contributed by atoms with E-state index in [1.807, 2.05) is 0 Å². The molecule has 2 rings (SSSR count). The normalized spacial score (nSPS) is 15.7. The zero-order chi connectivity index (χ0) is 15.4. The highest BCUT2D eigenvalue weighted by molar-refractivity contribution is 5.90. The number of nitro groups is 1. The van der Waals surface area contributed by atoms with Crippen molar-refractivity contribution in [3.05, 3.63) is 33.4 Å². The molecule has 0 saturated carbocycles. The van der Waals surface area contributed by atoms with Crippen molar-refractivity contribution < 1.29 is 19.6 Å². The minimum Gasteiger partial charge on any atom is -0.478 e. The average molecular weight is 294 g/mol. The Morgan fingerprint density at radius 3 is 2.71 bits per heavy atom. The standard InChI is InChI=1S/C14H18N2O5/c1-9-12(15-8-10-2-4-21-5-3-10)6-11(14(17)18)7-13(9)16(19)20/h6-7,10,15H,2-5,8H2,1H3,(H,17,18). The molecule has 21 heavy (non-hydrogen) atoms. The van der Waals surface area contributed by atoms with Crippen LogP contribution in [0.5, 0.6) is 0 Å². The zero-order valence-corrected chi connectivity index (χ0v) is 11.8. The summed E-state index contributed by atoms with van der Waals surface area (Å²) >= 11 is 0. The number of nitro benzene ring substituents is 1. The summed E-state index contributed by atoms with van der Waals surface area (Å²) in [6.45, 7) is 3.72. The van der Waals surface area contributed by atoms with E-state index in [1.54, 1.807) is 6.92 Å². The van der Waals surface area contributed by atoms with Crippen molar-refractivity contribution in [3.63, 3.8) is 0 Å². The Morgan fingerprint density at radius 2 is 2.14 bits per heavy atom. The molecule has 0 spiro atoms. The topological polar surface area (TPSA) is 102 Å². The molecular weight excluding hydrogens is 276 g/mol. The molecule has 114 valence electrons. The van der Waals surface area contributed by atoms with E-state index in [4.69, 9.17) is 9.84 Å². The summed E-state index contributed by atoms with van der Waals surface area (Å²) in [4.78, 5) is 21.5. The molecule has 0 aromatic heterocycles. The molecule has 0 radical (unpaired) electrons. The number of hydrogen-bond donors (Lipinski definition) is 2. The molecule has 7 heteroatoms. The SMILES string of the molecule is Cc1c(NCC2CCOCC2)cc(C(=O)O)cc1[N+](=O)[O-]. The summed E-state index contributed by atoms with van der Waals surface area (Å²) < 4.78 is 5.28. The number of rotatable bonds is 5. The number of carboxylic acid groups (broad SMARTS) is 1. The predicted octanol–water partition coefficient (Wildman–Crippen LogP) is 2.44. The van der Waals surface area contributed by atoms with Crippen LogP contribution in [-0.4, -0.2) is 35.8 Å². The summed E-state index contributed by atoms with van der Waals surface area (Å²) in [5, 5.41) is 23.2. The summed E-state index contributed by atoms with van der Waals surface area (Å²) in [5.74, 6) is -0.738. The van der Waals surface area contributed by atoms with E-state index in [-0.39, 0.29) is 11.3 Å². The van der Waals surface area contributed by atoms with Gasteiger partial charge >= 0.3 is 5.97 Å². The van der Waals surface area contributed by atoms with Gasteiger partial charge in [-0.2, -0.15) is 0 Å². The Balaban J connectivity index is 2.20. The number of anilines is 1. The number of benzene rings is 1. The minimum absolute atomic E-state index is 0.0817. The molecular formula is C14H18N2O5. The van der Waals surface area contributed by atoms with Crippen molar-refractivity contribution >= 4 is 17.3 Å². The van der Waals surface area contributed by atoms with Gasteiger partial charge in [-0.05, 0) is 31.7 Å². The summed E-state index contributed by atoms with van der Waals surface area (Å²) in [6.07, 6.45) is 1.87. The first-order chi connectivity index (χ1) is 9.99. The van der Waals surface area contributed by atoms with Crippen molar-refractivity contribution in [2.45, 2.75) is 19.8 Å². The van der Waals surface area contributed by atoms with Gasteiger partial charge in [-0.15, -0.1) is 0 Å². The maximum atomic E-state index is 11.1. The van der Waals surface area contributed by atoms with E-state index in [0.717, 1.165) is 32.1 Å². The maximum Gasteiger partial charge on any atom is 0.336 e. The lowest BCUT2D eigenvalue weighted by molar-refractivity contribution is -0.385. The molecule has 1 saturated heterocycles. The number of ether oxygens (including phenoxy) is 1. The first-order valence-electron chi connectivity index (χ1n) is 6.83. The number of carbonyl (C=O) groups is 1. The van der Waals surface area contributed by atoms with Crippen molar-refractivity contribution in [1.29, 1.82) is 0 Å². The molecule has 0 atom stereocenters.